The summed E-state index contributed by atoms with van der Waals surface area (Å²) in [7, 11) is 4.09. The molecule has 1 saturated heterocycles. The standard InChI is InChI=1S/C13H19BrN2O2S/c1-15(2)8-10-9-19-7-3-6-16(10)13(17)11-4-5-12(14)18-11/h4-5,10H,3,6-9H2,1-2H3/t10-/m0/s1. The Hall–Kier alpha value is -0.460. The van der Waals surface area contributed by atoms with E-state index in [4.69, 9.17) is 4.42 Å². The number of hydrogen-bond acceptors (Lipinski definition) is 4. The molecule has 0 spiro atoms. The van der Waals surface area contributed by atoms with Gasteiger partial charge < -0.3 is 14.2 Å². The Morgan fingerprint density at radius 3 is 3.00 bits per heavy atom. The summed E-state index contributed by atoms with van der Waals surface area (Å²) in [5.41, 5.74) is 0. The fraction of sp³-hybridized carbons (Fsp3) is 0.615. The summed E-state index contributed by atoms with van der Waals surface area (Å²) in [6, 6.07) is 3.75. The van der Waals surface area contributed by atoms with Crippen molar-refractivity contribution in [3.63, 3.8) is 0 Å². The maximum atomic E-state index is 12.5. The van der Waals surface area contributed by atoms with Crippen LogP contribution in [0.3, 0.4) is 0 Å². The van der Waals surface area contributed by atoms with E-state index in [1.807, 2.05) is 30.8 Å². The highest BCUT2D eigenvalue weighted by Gasteiger charge is 2.28. The van der Waals surface area contributed by atoms with Crippen molar-refractivity contribution < 1.29 is 9.21 Å². The van der Waals surface area contributed by atoms with Crippen LogP contribution >= 0.6 is 27.7 Å². The van der Waals surface area contributed by atoms with Crippen LogP contribution in [0.5, 0.6) is 0 Å². The lowest BCUT2D eigenvalue weighted by molar-refractivity contribution is 0.0642. The lowest BCUT2D eigenvalue weighted by Gasteiger charge is -2.31. The fourth-order valence-corrected chi connectivity index (χ4v) is 3.60. The summed E-state index contributed by atoms with van der Waals surface area (Å²) in [6.07, 6.45) is 1.04. The predicted molar refractivity (Wildman–Crippen MR) is 81.7 cm³/mol. The van der Waals surface area contributed by atoms with Crippen LogP contribution in [0, 0.1) is 0 Å². The Morgan fingerprint density at radius 2 is 2.37 bits per heavy atom. The van der Waals surface area contributed by atoms with E-state index < -0.39 is 0 Å². The highest BCUT2D eigenvalue weighted by Crippen LogP contribution is 2.21. The number of furan rings is 1. The lowest BCUT2D eigenvalue weighted by Crippen LogP contribution is -2.46. The van der Waals surface area contributed by atoms with Gasteiger partial charge in [-0.2, -0.15) is 11.8 Å². The quantitative estimate of drug-likeness (QED) is 0.842. The third kappa shape index (κ3) is 4.00. The molecular formula is C13H19BrN2O2S. The molecule has 0 aliphatic carbocycles. The zero-order chi connectivity index (χ0) is 13.8. The molecule has 2 heterocycles. The van der Waals surface area contributed by atoms with Crippen molar-refractivity contribution >= 4 is 33.6 Å². The van der Waals surface area contributed by atoms with Crippen LogP contribution in [0.1, 0.15) is 17.0 Å². The summed E-state index contributed by atoms with van der Waals surface area (Å²) < 4.78 is 6.00. The van der Waals surface area contributed by atoms with Crippen molar-refractivity contribution in [3.8, 4) is 0 Å². The second kappa shape index (κ2) is 6.81. The van der Waals surface area contributed by atoms with Gasteiger partial charge in [-0.3, -0.25) is 4.79 Å². The predicted octanol–water partition coefficient (Wildman–Crippen LogP) is 2.55. The monoisotopic (exact) mass is 346 g/mol. The molecule has 1 amide bonds. The van der Waals surface area contributed by atoms with Gasteiger partial charge in [0, 0.05) is 18.8 Å². The normalized spacial score (nSPS) is 20.6. The Kier molecular flexibility index (Phi) is 5.36. The van der Waals surface area contributed by atoms with Crippen LogP contribution in [0.4, 0.5) is 0 Å². The van der Waals surface area contributed by atoms with Gasteiger partial charge in [-0.25, -0.2) is 0 Å². The fourth-order valence-electron chi connectivity index (χ4n) is 2.24. The smallest absolute Gasteiger partial charge is 0.289 e. The van der Waals surface area contributed by atoms with Crippen LogP contribution in [-0.2, 0) is 0 Å². The first-order valence-electron chi connectivity index (χ1n) is 6.36. The first-order valence-corrected chi connectivity index (χ1v) is 8.31. The molecule has 0 aromatic carbocycles. The average molecular weight is 347 g/mol. The number of halogens is 1. The minimum atomic E-state index is 0.0000463. The van der Waals surface area contributed by atoms with Crippen molar-refractivity contribution in [2.75, 3.05) is 38.7 Å². The van der Waals surface area contributed by atoms with Crippen LogP contribution in [0.2, 0.25) is 0 Å². The first-order chi connectivity index (χ1) is 9.08. The summed E-state index contributed by atoms with van der Waals surface area (Å²) in [4.78, 5) is 16.6. The number of carbonyl (C=O) groups is 1. The molecule has 1 aromatic heterocycles. The van der Waals surface area contributed by atoms with E-state index in [1.54, 1.807) is 12.1 Å². The van der Waals surface area contributed by atoms with E-state index in [2.05, 4.69) is 20.8 Å². The lowest BCUT2D eigenvalue weighted by atomic mass is 10.2. The van der Waals surface area contributed by atoms with E-state index in [1.165, 1.54) is 0 Å². The SMILES string of the molecule is CN(C)C[C@H]1CSCCCN1C(=O)c1ccc(Br)o1. The molecule has 1 aliphatic heterocycles. The van der Waals surface area contributed by atoms with E-state index in [0.717, 1.165) is 31.0 Å². The van der Waals surface area contributed by atoms with E-state index >= 15 is 0 Å². The number of carbonyl (C=O) groups excluding carboxylic acids is 1. The molecule has 4 nitrogen and oxygen atoms in total. The van der Waals surface area contributed by atoms with Gasteiger partial charge in [-0.05, 0) is 54.3 Å². The zero-order valence-electron chi connectivity index (χ0n) is 11.3. The van der Waals surface area contributed by atoms with Gasteiger partial charge in [0.2, 0.25) is 0 Å². The molecule has 0 saturated carbocycles. The molecule has 19 heavy (non-hydrogen) atoms. The minimum absolute atomic E-state index is 0.0000463. The molecule has 1 fully saturated rings. The highest BCUT2D eigenvalue weighted by atomic mass is 79.9. The van der Waals surface area contributed by atoms with Gasteiger partial charge in [0.15, 0.2) is 10.4 Å². The molecule has 0 N–H and O–H groups in total. The molecule has 0 radical (unpaired) electrons. The molecular weight excluding hydrogens is 328 g/mol. The van der Waals surface area contributed by atoms with Crippen molar-refractivity contribution in [1.82, 2.24) is 9.80 Å². The third-order valence-electron chi connectivity index (χ3n) is 3.06. The zero-order valence-corrected chi connectivity index (χ0v) is 13.7. The topological polar surface area (TPSA) is 36.7 Å². The molecule has 0 unspecified atom stereocenters. The Labute approximate surface area is 126 Å². The summed E-state index contributed by atoms with van der Waals surface area (Å²) in [6.45, 7) is 1.70. The van der Waals surface area contributed by atoms with Crippen molar-refractivity contribution in [2.45, 2.75) is 12.5 Å². The van der Waals surface area contributed by atoms with Crippen LogP contribution in [-0.4, -0.2) is 60.4 Å². The number of thioether (sulfide) groups is 1. The van der Waals surface area contributed by atoms with Crippen LogP contribution in [0.15, 0.2) is 21.2 Å². The molecule has 6 heteroatoms. The van der Waals surface area contributed by atoms with Gasteiger partial charge in [-0.15, -0.1) is 0 Å². The van der Waals surface area contributed by atoms with Gasteiger partial charge in [-0.1, -0.05) is 0 Å². The van der Waals surface area contributed by atoms with Gasteiger partial charge in [0.1, 0.15) is 0 Å². The molecule has 1 aliphatic rings. The average Bonchev–Trinajstić information content (AvgIpc) is 2.65. The number of amides is 1. The van der Waals surface area contributed by atoms with Crippen LogP contribution < -0.4 is 0 Å². The third-order valence-corrected chi connectivity index (χ3v) is 4.68. The molecule has 1 aromatic rings. The summed E-state index contributed by atoms with van der Waals surface area (Å²) in [5, 5.41) is 0. The van der Waals surface area contributed by atoms with Crippen molar-refractivity contribution in [1.29, 1.82) is 0 Å². The highest BCUT2D eigenvalue weighted by molar-refractivity contribution is 9.10. The van der Waals surface area contributed by atoms with E-state index in [-0.39, 0.29) is 11.9 Å². The van der Waals surface area contributed by atoms with Crippen molar-refractivity contribution in [3.05, 3.63) is 22.6 Å². The van der Waals surface area contributed by atoms with Crippen LogP contribution in [0.25, 0.3) is 0 Å². The van der Waals surface area contributed by atoms with Gasteiger partial charge in [0.25, 0.3) is 5.91 Å². The maximum absolute atomic E-state index is 12.5. The number of nitrogens with zero attached hydrogens (tertiary/aromatic N) is 2. The molecule has 1 atom stereocenters. The van der Waals surface area contributed by atoms with Gasteiger partial charge >= 0.3 is 0 Å². The number of likely N-dealkylation sites (N-methyl/N-ethyl adjacent to an activating group) is 1. The Morgan fingerprint density at radius 1 is 1.58 bits per heavy atom. The van der Waals surface area contributed by atoms with Gasteiger partial charge in [0.05, 0.1) is 6.04 Å². The second-order valence-electron chi connectivity index (χ2n) is 4.95. The van der Waals surface area contributed by atoms with Crippen molar-refractivity contribution in [2.24, 2.45) is 0 Å². The molecule has 106 valence electrons. The summed E-state index contributed by atoms with van der Waals surface area (Å²) >= 11 is 5.17. The van der Waals surface area contributed by atoms with E-state index in [9.17, 15) is 4.79 Å². The van der Waals surface area contributed by atoms with E-state index in [0.29, 0.717) is 10.4 Å². The second-order valence-corrected chi connectivity index (χ2v) is 6.88. The Bertz CT molecular complexity index is 436. The summed E-state index contributed by atoms with van der Waals surface area (Å²) in [5.74, 6) is 2.53. The number of hydrogen-bond donors (Lipinski definition) is 0. The molecule has 2 rings (SSSR count). The Balaban J connectivity index is 2.14. The first kappa shape index (κ1) is 14.9. The maximum Gasteiger partial charge on any atom is 0.289 e. The largest absolute Gasteiger partial charge is 0.444 e. The number of rotatable bonds is 3. The molecule has 0 bridgehead atoms. The minimum Gasteiger partial charge on any atom is -0.444 e.